The summed E-state index contributed by atoms with van der Waals surface area (Å²) in [7, 11) is 0. The van der Waals surface area contributed by atoms with Gasteiger partial charge in [0.15, 0.2) is 0 Å². The molecule has 1 aromatic carbocycles. The highest BCUT2D eigenvalue weighted by atomic mass is 15.3. The van der Waals surface area contributed by atoms with Crippen molar-refractivity contribution in [2.75, 3.05) is 13.1 Å². The van der Waals surface area contributed by atoms with Crippen molar-refractivity contribution in [1.29, 1.82) is 10.5 Å². The van der Waals surface area contributed by atoms with Gasteiger partial charge in [0.25, 0.3) is 0 Å². The Labute approximate surface area is 148 Å². The van der Waals surface area contributed by atoms with Crippen molar-refractivity contribution >= 4 is 16.5 Å². The molecule has 126 valence electrons. The fourth-order valence-electron chi connectivity index (χ4n) is 4.67. The molecule has 2 aliphatic heterocycles. The Morgan fingerprint density at radius 1 is 1.12 bits per heavy atom. The molecular formula is C21H22N4. The predicted molar refractivity (Wildman–Crippen MR) is 98.4 cm³/mol. The number of nitrogens with zero attached hydrogens (tertiary/aromatic N) is 4. The summed E-state index contributed by atoms with van der Waals surface area (Å²) in [5, 5.41) is 21.2. The van der Waals surface area contributed by atoms with Gasteiger partial charge in [0, 0.05) is 18.5 Å². The third-order valence-electron chi connectivity index (χ3n) is 6.15. The highest BCUT2D eigenvalue weighted by Crippen LogP contribution is 2.51. The van der Waals surface area contributed by atoms with Crippen LogP contribution in [0.15, 0.2) is 29.8 Å². The van der Waals surface area contributed by atoms with Gasteiger partial charge in [-0.3, -0.25) is 4.90 Å². The molecule has 1 aromatic heterocycles. The lowest BCUT2D eigenvalue weighted by molar-refractivity contribution is 0.0966. The van der Waals surface area contributed by atoms with Gasteiger partial charge in [-0.25, -0.2) is 0 Å². The van der Waals surface area contributed by atoms with Crippen molar-refractivity contribution in [1.82, 2.24) is 9.47 Å². The van der Waals surface area contributed by atoms with Crippen molar-refractivity contribution < 1.29 is 0 Å². The van der Waals surface area contributed by atoms with Gasteiger partial charge in [-0.2, -0.15) is 10.5 Å². The molecule has 0 amide bonds. The lowest BCUT2D eigenvalue weighted by atomic mass is 9.75. The maximum Gasteiger partial charge on any atom is 0.111 e. The number of hydrogen-bond donors (Lipinski definition) is 0. The van der Waals surface area contributed by atoms with Crippen molar-refractivity contribution in [3.8, 4) is 12.1 Å². The zero-order valence-corrected chi connectivity index (χ0v) is 15.0. The summed E-state index contributed by atoms with van der Waals surface area (Å²) in [5.41, 5.74) is 4.09. The van der Waals surface area contributed by atoms with E-state index in [2.05, 4.69) is 40.7 Å². The first-order valence-corrected chi connectivity index (χ1v) is 8.91. The van der Waals surface area contributed by atoms with Gasteiger partial charge in [0.1, 0.15) is 17.6 Å². The number of nitriles is 2. The van der Waals surface area contributed by atoms with Crippen LogP contribution in [0.1, 0.15) is 44.1 Å². The smallest absolute Gasteiger partial charge is 0.111 e. The maximum atomic E-state index is 10.1. The minimum Gasteiger partial charge on any atom is -0.321 e. The molecule has 3 heterocycles. The quantitative estimate of drug-likeness (QED) is 0.779. The molecule has 4 nitrogen and oxygen atoms in total. The standard InChI is InChI=1S/C21H22N4/c1-14-16-8-4-5-9-18(16)25-19(14)17(12-22)15(2)21(3,13-23)20(25)24-10-6-7-11-24/h4-5,8-9,20H,6-7,10-11H2,1-3H3/t20-,21-/m1/s1. The molecule has 2 atom stereocenters. The summed E-state index contributed by atoms with van der Waals surface area (Å²) in [6.45, 7) is 8.06. The SMILES string of the molecule is CC1=C(C#N)c2c(C)c3ccccc3n2[C@@H](N2CCCC2)[C@]1(C)C#N. The first kappa shape index (κ1) is 15.9. The molecule has 0 N–H and O–H groups in total. The predicted octanol–water partition coefficient (Wildman–Crippen LogP) is 4.38. The van der Waals surface area contributed by atoms with E-state index in [1.807, 2.05) is 26.0 Å². The van der Waals surface area contributed by atoms with E-state index < -0.39 is 5.41 Å². The van der Waals surface area contributed by atoms with E-state index >= 15 is 0 Å². The number of rotatable bonds is 1. The van der Waals surface area contributed by atoms with Gasteiger partial charge in [-0.05, 0) is 50.8 Å². The minimum absolute atomic E-state index is 0.0642. The highest BCUT2D eigenvalue weighted by molar-refractivity contribution is 5.94. The Morgan fingerprint density at radius 2 is 1.80 bits per heavy atom. The number of likely N-dealkylation sites (tertiary alicyclic amines) is 1. The lowest BCUT2D eigenvalue weighted by Crippen LogP contribution is -2.45. The van der Waals surface area contributed by atoms with Crippen LogP contribution >= 0.6 is 0 Å². The van der Waals surface area contributed by atoms with Crippen LogP contribution in [0.25, 0.3) is 16.5 Å². The zero-order valence-electron chi connectivity index (χ0n) is 15.0. The van der Waals surface area contributed by atoms with E-state index in [9.17, 15) is 10.5 Å². The normalized spacial score (nSPS) is 26.5. The molecule has 0 aliphatic carbocycles. The molecule has 1 saturated heterocycles. The second kappa shape index (κ2) is 5.48. The Kier molecular flexibility index (Phi) is 3.49. The van der Waals surface area contributed by atoms with Crippen LogP contribution in [-0.2, 0) is 0 Å². The molecule has 4 heteroatoms. The van der Waals surface area contributed by atoms with E-state index in [1.54, 1.807) is 0 Å². The lowest BCUT2D eigenvalue weighted by Gasteiger charge is -2.44. The largest absolute Gasteiger partial charge is 0.321 e. The van der Waals surface area contributed by atoms with Crippen LogP contribution in [0.2, 0.25) is 0 Å². The molecule has 0 saturated carbocycles. The second-order valence-electron chi connectivity index (χ2n) is 7.40. The third kappa shape index (κ3) is 1.95. The average molecular weight is 330 g/mol. The van der Waals surface area contributed by atoms with Gasteiger partial charge in [-0.15, -0.1) is 0 Å². The number of aryl methyl sites for hydroxylation is 1. The Balaban J connectivity index is 2.14. The molecule has 0 bridgehead atoms. The van der Waals surface area contributed by atoms with Crippen molar-refractivity contribution in [3.05, 3.63) is 41.1 Å². The molecule has 0 radical (unpaired) electrons. The second-order valence-corrected chi connectivity index (χ2v) is 7.40. The number of fused-ring (bicyclic) bond motifs is 3. The van der Waals surface area contributed by atoms with Gasteiger partial charge < -0.3 is 4.57 Å². The van der Waals surface area contributed by atoms with Crippen LogP contribution < -0.4 is 0 Å². The summed E-state index contributed by atoms with van der Waals surface area (Å²) >= 11 is 0. The number of aromatic nitrogens is 1. The van der Waals surface area contributed by atoms with Crippen molar-refractivity contribution in [2.45, 2.75) is 39.8 Å². The van der Waals surface area contributed by atoms with Crippen LogP contribution in [-0.4, -0.2) is 22.6 Å². The maximum absolute atomic E-state index is 10.1. The highest BCUT2D eigenvalue weighted by Gasteiger charge is 2.48. The summed E-state index contributed by atoms with van der Waals surface area (Å²) in [5.74, 6) is 0. The van der Waals surface area contributed by atoms with Gasteiger partial charge in [0.05, 0.1) is 22.9 Å². The summed E-state index contributed by atoms with van der Waals surface area (Å²) < 4.78 is 2.27. The molecule has 25 heavy (non-hydrogen) atoms. The molecule has 2 aliphatic rings. The number of hydrogen-bond acceptors (Lipinski definition) is 3. The summed E-state index contributed by atoms with van der Waals surface area (Å²) in [6.07, 6.45) is 2.27. The fraction of sp³-hybridized carbons (Fsp3) is 0.429. The summed E-state index contributed by atoms with van der Waals surface area (Å²) in [6, 6.07) is 13.3. The van der Waals surface area contributed by atoms with E-state index in [-0.39, 0.29) is 6.17 Å². The van der Waals surface area contributed by atoms with Crippen LogP contribution in [0.3, 0.4) is 0 Å². The average Bonchev–Trinajstić information content (AvgIpc) is 3.25. The topological polar surface area (TPSA) is 55.8 Å². The Morgan fingerprint density at radius 3 is 2.44 bits per heavy atom. The molecule has 2 aromatic rings. The Hall–Kier alpha value is -2.56. The van der Waals surface area contributed by atoms with Crippen molar-refractivity contribution in [2.24, 2.45) is 5.41 Å². The summed E-state index contributed by atoms with van der Waals surface area (Å²) in [4.78, 5) is 2.43. The molecular weight excluding hydrogens is 308 g/mol. The number of allylic oxidation sites excluding steroid dienone is 1. The first-order chi connectivity index (χ1) is 12.0. The van der Waals surface area contributed by atoms with E-state index in [4.69, 9.17) is 0 Å². The third-order valence-corrected chi connectivity index (χ3v) is 6.15. The fourth-order valence-corrected chi connectivity index (χ4v) is 4.67. The van der Waals surface area contributed by atoms with Crippen molar-refractivity contribution in [3.63, 3.8) is 0 Å². The molecule has 1 fully saturated rings. The van der Waals surface area contributed by atoms with Crippen LogP contribution in [0.5, 0.6) is 0 Å². The van der Waals surface area contributed by atoms with Gasteiger partial charge in [0.2, 0.25) is 0 Å². The monoisotopic (exact) mass is 330 g/mol. The van der Waals surface area contributed by atoms with Crippen LogP contribution in [0.4, 0.5) is 0 Å². The Bertz CT molecular complexity index is 976. The molecule has 0 spiro atoms. The first-order valence-electron chi connectivity index (χ1n) is 8.91. The minimum atomic E-state index is -0.712. The van der Waals surface area contributed by atoms with Gasteiger partial charge >= 0.3 is 0 Å². The zero-order chi connectivity index (χ0) is 17.8. The molecule has 4 rings (SSSR count). The van der Waals surface area contributed by atoms with Crippen LogP contribution in [0, 0.1) is 35.0 Å². The molecule has 0 unspecified atom stereocenters. The van der Waals surface area contributed by atoms with E-state index in [0.29, 0.717) is 5.57 Å². The number of para-hydroxylation sites is 1. The number of benzene rings is 1. The van der Waals surface area contributed by atoms with Gasteiger partial charge in [-0.1, -0.05) is 18.2 Å². The van der Waals surface area contributed by atoms with E-state index in [0.717, 1.165) is 35.4 Å². The van der Waals surface area contributed by atoms with E-state index in [1.165, 1.54) is 18.2 Å².